The molecule has 8 aromatic carbocycles. The van der Waals surface area contributed by atoms with Crippen molar-refractivity contribution in [2.45, 2.75) is 135 Å². The van der Waals surface area contributed by atoms with Gasteiger partial charge in [-0.25, -0.2) is 0 Å². The van der Waals surface area contributed by atoms with Gasteiger partial charge in [-0.2, -0.15) is 26.0 Å². The molecule has 0 amide bonds. The van der Waals surface area contributed by atoms with E-state index in [1.165, 1.54) is 95.0 Å². The Labute approximate surface area is 488 Å². The van der Waals surface area contributed by atoms with Gasteiger partial charge in [0.05, 0.1) is 5.92 Å². The second kappa shape index (κ2) is 27.6. The Morgan fingerprint density at radius 3 is 1.28 bits per heavy atom. The number of ether oxygens (including phenoxy) is 2. The van der Waals surface area contributed by atoms with Crippen LogP contribution in [-0.2, 0) is 10.1 Å². The summed E-state index contributed by atoms with van der Waals surface area (Å²) in [5.74, 6) is 5.65. The molecule has 14 heteroatoms. The minimum absolute atomic E-state index is 0.172. The van der Waals surface area contributed by atoms with E-state index in [1.54, 1.807) is 16.4 Å². The van der Waals surface area contributed by atoms with Crippen molar-refractivity contribution in [2.24, 2.45) is 17.8 Å². The summed E-state index contributed by atoms with van der Waals surface area (Å²) in [6.07, 6.45) is 21.7. The van der Waals surface area contributed by atoms with Gasteiger partial charge in [0.25, 0.3) is 0 Å². The maximum absolute atomic E-state index is 16.9. The normalized spacial score (nSPS) is 18.7. The minimum Gasteiger partial charge on any atom is -0.507 e. The predicted octanol–water partition coefficient (Wildman–Crippen LogP) is 20.7. The van der Waals surface area contributed by atoms with Crippen LogP contribution in [0.4, 0.5) is 17.6 Å². The van der Waals surface area contributed by atoms with Gasteiger partial charge in [-0.05, 0) is 148 Å². The topological polar surface area (TPSA) is 113 Å². The third kappa shape index (κ3) is 14.5. The monoisotopic (exact) mass is 1170 g/mol. The molecule has 2 saturated carbocycles. The van der Waals surface area contributed by atoms with Crippen LogP contribution in [0.5, 0.6) is 23.0 Å². The number of phenolic OH excluding ortho intramolecular Hbond substituents is 2. The van der Waals surface area contributed by atoms with Crippen LogP contribution in [0.15, 0.2) is 155 Å². The van der Waals surface area contributed by atoms with Crippen molar-refractivity contribution in [3.8, 4) is 45.3 Å². The second-order valence-corrected chi connectivity index (χ2v) is 25.9. The van der Waals surface area contributed by atoms with Crippen molar-refractivity contribution in [2.75, 3.05) is 11.5 Å². The SMILES string of the molecule is CCCCCC1CCC(=C2SCCCS2)CC1.CCCCCC1CCC(C2(F)Oc3ccc4ccccc4c3-c3c(ccc4ccccc34)O2)CC1.O=S(=O)(O)C(F)(F)F.Oc1ccc2ccccc2c1-c1c(O)ccc2ccccc12. The van der Waals surface area contributed by atoms with E-state index in [9.17, 15) is 23.4 Å². The lowest BCUT2D eigenvalue weighted by atomic mass is 9.79. The van der Waals surface area contributed by atoms with Gasteiger partial charge in [-0.3, -0.25) is 4.55 Å². The van der Waals surface area contributed by atoms with Gasteiger partial charge in [0.1, 0.15) is 23.0 Å². The molecule has 0 radical (unpaired) electrons. The molecule has 82 heavy (non-hydrogen) atoms. The van der Waals surface area contributed by atoms with Gasteiger partial charge in [0, 0.05) is 26.5 Å². The van der Waals surface area contributed by atoms with E-state index in [-0.39, 0.29) is 17.4 Å². The van der Waals surface area contributed by atoms with E-state index in [0.717, 1.165) is 85.8 Å². The molecule has 0 unspecified atom stereocenters. The first-order chi connectivity index (χ1) is 39.6. The molecule has 0 aromatic heterocycles. The minimum atomic E-state index is -5.84. The van der Waals surface area contributed by atoms with Crippen molar-refractivity contribution < 1.29 is 50.2 Å². The number of thioether (sulfide) groups is 2. The molecule has 3 N–H and O–H groups in total. The molecule has 0 atom stereocenters. The molecule has 12 rings (SSSR count). The summed E-state index contributed by atoms with van der Waals surface area (Å²) >= 11 is 4.27. The smallest absolute Gasteiger partial charge is 0.507 e. The fraction of sp³-hybridized carbons (Fsp3) is 0.382. The van der Waals surface area contributed by atoms with E-state index in [4.69, 9.17) is 22.4 Å². The zero-order valence-electron chi connectivity index (χ0n) is 46.7. The van der Waals surface area contributed by atoms with Gasteiger partial charge in [0.2, 0.25) is 0 Å². The zero-order chi connectivity index (χ0) is 57.9. The molecule has 2 aliphatic carbocycles. The van der Waals surface area contributed by atoms with Crippen LogP contribution in [0.2, 0.25) is 0 Å². The molecule has 1 saturated heterocycles. The number of fused-ring (bicyclic) bond motifs is 9. The summed E-state index contributed by atoms with van der Waals surface area (Å²) in [5, 5.41) is 29.1. The number of benzene rings is 8. The Kier molecular flexibility index (Phi) is 20.4. The highest BCUT2D eigenvalue weighted by Gasteiger charge is 2.49. The van der Waals surface area contributed by atoms with E-state index in [1.807, 2.05) is 115 Å². The fourth-order valence-electron chi connectivity index (χ4n) is 12.0. The summed E-state index contributed by atoms with van der Waals surface area (Å²) in [7, 11) is -5.84. The standard InChI is InChI=1S/C32H33FO2.C20H14O2.C15H26S2.CHF3O3S/c1-2-3-4-9-22-14-18-25(19-15-22)32(33)34-28-20-16-23-10-5-7-12-26(23)30(28)31-27-13-8-6-11-24(27)17-21-29(31)35-32;21-17-11-9-13-5-1-3-7-15(13)19(17)20-16-8-4-2-6-14(16)10-12-18(20)22;1-2-3-4-6-13-7-9-14(10-8-13)15-16-11-5-12-17-15;2-1(3,4)8(5,6)7/h5-8,10-13,16-17,20-22,25H,2-4,9,14-15,18-19H2,1H3;1-12,21-22H;13H,2-12H2,1H3;(H,5,6,7). The van der Waals surface area contributed by atoms with Gasteiger partial charge in [-0.1, -0.05) is 192 Å². The average molecular weight is 1180 g/mol. The molecule has 8 aromatic rings. The molecule has 4 aliphatic rings. The van der Waals surface area contributed by atoms with Gasteiger partial charge in [0.15, 0.2) is 0 Å². The van der Waals surface area contributed by atoms with Crippen LogP contribution in [0.25, 0.3) is 65.3 Å². The van der Waals surface area contributed by atoms with E-state index < -0.39 is 21.7 Å². The first-order valence-electron chi connectivity index (χ1n) is 29.1. The van der Waals surface area contributed by atoms with Crippen molar-refractivity contribution in [1.82, 2.24) is 0 Å². The van der Waals surface area contributed by atoms with Crippen LogP contribution in [0.3, 0.4) is 0 Å². The lowest BCUT2D eigenvalue weighted by Crippen LogP contribution is -2.46. The number of rotatable bonds is 10. The molecule has 2 heterocycles. The third-order valence-electron chi connectivity index (χ3n) is 16.4. The first-order valence-corrected chi connectivity index (χ1v) is 32.5. The molecule has 7 nitrogen and oxygen atoms in total. The number of hydrogen-bond donors (Lipinski definition) is 3. The summed E-state index contributed by atoms with van der Waals surface area (Å²) in [6.45, 7) is 4.55. The van der Waals surface area contributed by atoms with Crippen LogP contribution in [-0.4, -0.2) is 46.2 Å². The van der Waals surface area contributed by atoms with E-state index in [0.29, 0.717) is 28.5 Å². The number of alkyl halides is 4. The largest absolute Gasteiger partial charge is 0.522 e. The Balaban J connectivity index is 0.000000148. The predicted molar refractivity (Wildman–Crippen MR) is 332 cm³/mol. The lowest BCUT2D eigenvalue weighted by Gasteiger charge is -2.37. The molecule has 3 fully saturated rings. The van der Waals surface area contributed by atoms with Crippen molar-refractivity contribution in [3.63, 3.8) is 0 Å². The second-order valence-electron chi connectivity index (χ2n) is 22.0. The molecular formula is C68H74F4O7S3. The molecular weight excluding hydrogens is 1100 g/mol. The summed E-state index contributed by atoms with van der Waals surface area (Å²) in [5.41, 5.74) is -0.538. The number of halogens is 4. The average Bonchev–Trinajstić information content (AvgIpc) is 3.33. The van der Waals surface area contributed by atoms with E-state index in [2.05, 4.69) is 61.6 Å². The zero-order valence-corrected chi connectivity index (χ0v) is 49.2. The molecule has 0 bridgehead atoms. The Bertz CT molecular complexity index is 3420. The van der Waals surface area contributed by atoms with Gasteiger partial charge in [-0.15, -0.1) is 23.5 Å². The molecule has 434 valence electrons. The number of allylic oxidation sites excluding steroid dienone is 1. The summed E-state index contributed by atoms with van der Waals surface area (Å²) in [4.78, 5) is 0. The van der Waals surface area contributed by atoms with Crippen molar-refractivity contribution >= 4 is 76.7 Å². The number of hydrogen-bond acceptors (Lipinski definition) is 8. The number of unbranched alkanes of at least 4 members (excludes halogenated alkanes) is 4. The van der Waals surface area contributed by atoms with Crippen molar-refractivity contribution in [3.05, 3.63) is 155 Å². The van der Waals surface area contributed by atoms with Crippen LogP contribution in [0.1, 0.15) is 123 Å². The maximum atomic E-state index is 16.9. The Hall–Kier alpha value is -5.93. The Morgan fingerprint density at radius 2 is 0.890 bits per heavy atom. The van der Waals surface area contributed by atoms with Gasteiger partial charge >= 0.3 is 21.7 Å². The van der Waals surface area contributed by atoms with E-state index >= 15 is 4.39 Å². The van der Waals surface area contributed by atoms with Gasteiger partial charge < -0.3 is 19.7 Å². The summed E-state index contributed by atoms with van der Waals surface area (Å²) in [6, 6.07) is 45.1. The molecule has 2 aliphatic heterocycles. The van der Waals surface area contributed by atoms with Crippen molar-refractivity contribution in [1.29, 1.82) is 0 Å². The molecule has 0 spiro atoms. The third-order valence-corrected chi connectivity index (χ3v) is 19.8. The number of phenols is 2. The lowest BCUT2D eigenvalue weighted by molar-refractivity contribution is -0.257. The van der Waals surface area contributed by atoms with Crippen LogP contribution >= 0.6 is 23.5 Å². The Morgan fingerprint density at radius 1 is 0.524 bits per heavy atom. The highest BCUT2D eigenvalue weighted by atomic mass is 32.2. The summed E-state index contributed by atoms with van der Waals surface area (Å²) < 4.78 is 88.7. The van der Waals surface area contributed by atoms with Crippen LogP contribution in [0, 0.1) is 17.8 Å². The fourth-order valence-corrected chi connectivity index (χ4v) is 14.8. The maximum Gasteiger partial charge on any atom is 0.522 e. The quantitative estimate of drug-likeness (QED) is 0.0533. The number of aromatic hydroxyl groups is 2. The highest BCUT2D eigenvalue weighted by molar-refractivity contribution is 8.22. The highest BCUT2D eigenvalue weighted by Crippen LogP contribution is 2.53. The van der Waals surface area contributed by atoms with Crippen LogP contribution < -0.4 is 9.47 Å². The first kappa shape index (κ1) is 60.7.